The molecular formula is C15H22ClN. The van der Waals surface area contributed by atoms with Crippen LogP contribution in [0.5, 0.6) is 0 Å². The number of alkyl halides is 1. The Labute approximate surface area is 110 Å². The summed E-state index contributed by atoms with van der Waals surface area (Å²) in [6.07, 6.45) is 9.93. The molecule has 1 saturated carbocycles. The molecule has 0 amide bonds. The molecular weight excluding hydrogens is 230 g/mol. The lowest BCUT2D eigenvalue weighted by molar-refractivity contribution is 0.404. The van der Waals surface area contributed by atoms with E-state index in [0.29, 0.717) is 11.8 Å². The summed E-state index contributed by atoms with van der Waals surface area (Å²) in [4.78, 5) is 4.43. The normalized spacial score (nSPS) is 21.8. The second kappa shape index (κ2) is 6.39. The van der Waals surface area contributed by atoms with Crippen LogP contribution in [0.3, 0.4) is 0 Å². The predicted molar refractivity (Wildman–Crippen MR) is 73.5 cm³/mol. The van der Waals surface area contributed by atoms with Crippen LogP contribution >= 0.6 is 11.6 Å². The Hall–Kier alpha value is -0.560. The summed E-state index contributed by atoms with van der Waals surface area (Å²) in [6.45, 7) is 2.21. The molecule has 2 atom stereocenters. The van der Waals surface area contributed by atoms with Crippen LogP contribution in [0.2, 0.25) is 0 Å². The summed E-state index contributed by atoms with van der Waals surface area (Å²) < 4.78 is 0. The molecule has 1 nitrogen and oxygen atoms in total. The number of hydrogen-bond donors (Lipinski definition) is 0. The van der Waals surface area contributed by atoms with Crippen molar-refractivity contribution in [2.24, 2.45) is 5.92 Å². The molecule has 0 saturated heterocycles. The van der Waals surface area contributed by atoms with Crippen molar-refractivity contribution in [2.75, 3.05) is 0 Å². The third-order valence-electron chi connectivity index (χ3n) is 3.98. The van der Waals surface area contributed by atoms with Crippen LogP contribution in [-0.2, 0) is 0 Å². The van der Waals surface area contributed by atoms with Crippen molar-refractivity contribution < 1.29 is 0 Å². The number of aromatic nitrogens is 1. The molecule has 0 N–H and O–H groups in total. The topological polar surface area (TPSA) is 12.9 Å². The summed E-state index contributed by atoms with van der Waals surface area (Å²) in [5.74, 6) is 1.04. The first-order chi connectivity index (χ1) is 8.29. The van der Waals surface area contributed by atoms with Crippen molar-refractivity contribution in [3.05, 3.63) is 30.1 Å². The quantitative estimate of drug-likeness (QED) is 0.557. The molecule has 1 aliphatic rings. The maximum Gasteiger partial charge on any atom is 0.0446 e. The van der Waals surface area contributed by atoms with Gasteiger partial charge in [0.05, 0.1) is 0 Å². The molecule has 1 aromatic heterocycles. The molecule has 0 spiro atoms. The Morgan fingerprint density at radius 2 is 1.88 bits per heavy atom. The molecule has 0 bridgehead atoms. The largest absolute Gasteiger partial charge is 0.261 e. The molecule has 0 aliphatic heterocycles. The lowest BCUT2D eigenvalue weighted by atomic mass is 9.87. The van der Waals surface area contributed by atoms with E-state index in [0.717, 1.165) is 5.69 Å². The highest BCUT2D eigenvalue weighted by molar-refractivity contribution is 6.21. The minimum Gasteiger partial charge on any atom is -0.261 e. The van der Waals surface area contributed by atoms with Gasteiger partial charge >= 0.3 is 0 Å². The fourth-order valence-corrected chi connectivity index (χ4v) is 3.23. The van der Waals surface area contributed by atoms with Crippen LogP contribution in [0.4, 0.5) is 0 Å². The van der Waals surface area contributed by atoms with Gasteiger partial charge in [0.25, 0.3) is 0 Å². The number of pyridine rings is 1. The van der Waals surface area contributed by atoms with Gasteiger partial charge in [-0.05, 0) is 30.9 Å². The summed E-state index contributed by atoms with van der Waals surface area (Å²) >= 11 is 6.68. The molecule has 1 fully saturated rings. The summed E-state index contributed by atoms with van der Waals surface area (Å²) in [7, 11) is 0. The van der Waals surface area contributed by atoms with E-state index in [-0.39, 0.29) is 5.38 Å². The van der Waals surface area contributed by atoms with Crippen molar-refractivity contribution in [3.8, 4) is 0 Å². The van der Waals surface area contributed by atoms with Crippen molar-refractivity contribution in [2.45, 2.75) is 56.7 Å². The average molecular weight is 252 g/mol. The number of nitrogens with zero attached hydrogens (tertiary/aromatic N) is 1. The zero-order valence-electron chi connectivity index (χ0n) is 10.6. The van der Waals surface area contributed by atoms with Crippen molar-refractivity contribution >= 4 is 11.6 Å². The smallest absolute Gasteiger partial charge is 0.0446 e. The number of rotatable bonds is 3. The molecule has 2 rings (SSSR count). The summed E-state index contributed by atoms with van der Waals surface area (Å²) in [5.41, 5.74) is 1.14. The van der Waals surface area contributed by atoms with Gasteiger partial charge < -0.3 is 0 Å². The van der Waals surface area contributed by atoms with Gasteiger partial charge in [-0.15, -0.1) is 11.6 Å². The first kappa shape index (κ1) is 12.9. The van der Waals surface area contributed by atoms with E-state index >= 15 is 0 Å². The Morgan fingerprint density at radius 1 is 1.18 bits per heavy atom. The van der Waals surface area contributed by atoms with Crippen LogP contribution in [0.15, 0.2) is 24.4 Å². The number of halogens is 1. The maximum absolute atomic E-state index is 6.68. The lowest BCUT2D eigenvalue weighted by Gasteiger charge is -2.25. The van der Waals surface area contributed by atoms with Crippen molar-refractivity contribution in [1.29, 1.82) is 0 Å². The summed E-state index contributed by atoms with van der Waals surface area (Å²) in [6, 6.07) is 6.11. The molecule has 2 unspecified atom stereocenters. The van der Waals surface area contributed by atoms with E-state index in [1.165, 1.54) is 38.5 Å². The Balaban J connectivity index is 2.00. The Morgan fingerprint density at radius 3 is 2.47 bits per heavy atom. The fraction of sp³-hybridized carbons (Fsp3) is 0.667. The maximum atomic E-state index is 6.68. The Bertz CT molecular complexity index is 317. The summed E-state index contributed by atoms with van der Waals surface area (Å²) in [5, 5.41) is 0.239. The molecule has 17 heavy (non-hydrogen) atoms. The minimum atomic E-state index is 0.239. The van der Waals surface area contributed by atoms with Gasteiger partial charge in [0.1, 0.15) is 0 Å². The third kappa shape index (κ3) is 3.45. The van der Waals surface area contributed by atoms with E-state index in [1.54, 1.807) is 0 Å². The molecule has 1 aliphatic carbocycles. The van der Waals surface area contributed by atoms with Crippen LogP contribution in [-0.4, -0.2) is 10.4 Å². The molecule has 2 heteroatoms. The number of hydrogen-bond acceptors (Lipinski definition) is 1. The van der Waals surface area contributed by atoms with Gasteiger partial charge in [-0.2, -0.15) is 0 Å². The standard InChI is InChI=1S/C15H22ClN/c1-12(14-10-6-7-11-17-14)15(16)13-8-4-2-3-5-9-13/h6-7,10-13,15H,2-5,8-9H2,1H3. The zero-order chi connectivity index (χ0) is 12.1. The molecule has 0 radical (unpaired) electrons. The van der Waals surface area contributed by atoms with Gasteiger partial charge in [0.2, 0.25) is 0 Å². The fourth-order valence-electron chi connectivity index (χ4n) is 2.85. The van der Waals surface area contributed by atoms with Crippen LogP contribution in [0.1, 0.15) is 57.1 Å². The second-order valence-electron chi connectivity index (χ2n) is 5.24. The van der Waals surface area contributed by atoms with Gasteiger partial charge in [0.15, 0.2) is 0 Å². The van der Waals surface area contributed by atoms with Gasteiger partial charge in [-0.3, -0.25) is 4.98 Å². The van der Waals surface area contributed by atoms with Crippen molar-refractivity contribution in [1.82, 2.24) is 4.98 Å². The van der Waals surface area contributed by atoms with Crippen LogP contribution in [0.25, 0.3) is 0 Å². The van der Waals surface area contributed by atoms with Gasteiger partial charge in [0, 0.05) is 23.2 Å². The van der Waals surface area contributed by atoms with E-state index in [9.17, 15) is 0 Å². The van der Waals surface area contributed by atoms with Crippen LogP contribution < -0.4 is 0 Å². The highest BCUT2D eigenvalue weighted by Gasteiger charge is 2.26. The molecule has 94 valence electrons. The van der Waals surface area contributed by atoms with E-state index < -0.39 is 0 Å². The lowest BCUT2D eigenvalue weighted by Crippen LogP contribution is -2.21. The minimum absolute atomic E-state index is 0.239. The third-order valence-corrected chi connectivity index (χ3v) is 4.72. The molecule has 0 aromatic carbocycles. The van der Waals surface area contributed by atoms with Crippen molar-refractivity contribution in [3.63, 3.8) is 0 Å². The van der Waals surface area contributed by atoms with Gasteiger partial charge in [-0.25, -0.2) is 0 Å². The predicted octanol–water partition coefficient (Wildman–Crippen LogP) is 4.76. The molecule has 1 aromatic rings. The van der Waals surface area contributed by atoms with Crippen LogP contribution in [0, 0.1) is 5.92 Å². The van der Waals surface area contributed by atoms with Gasteiger partial charge in [-0.1, -0.05) is 38.7 Å². The highest BCUT2D eigenvalue weighted by Crippen LogP contribution is 2.35. The SMILES string of the molecule is CC(c1ccccn1)C(Cl)C1CCCCCC1. The first-order valence-corrected chi connectivity index (χ1v) is 7.27. The zero-order valence-corrected chi connectivity index (χ0v) is 11.4. The Kier molecular flexibility index (Phi) is 4.85. The van der Waals surface area contributed by atoms with E-state index in [4.69, 9.17) is 11.6 Å². The molecule has 1 heterocycles. The first-order valence-electron chi connectivity index (χ1n) is 6.84. The van der Waals surface area contributed by atoms with E-state index in [2.05, 4.69) is 24.0 Å². The second-order valence-corrected chi connectivity index (χ2v) is 5.74. The highest BCUT2D eigenvalue weighted by atomic mass is 35.5. The monoisotopic (exact) mass is 251 g/mol. The average Bonchev–Trinajstić information content (AvgIpc) is 2.67. The van der Waals surface area contributed by atoms with E-state index in [1.807, 2.05) is 12.3 Å².